The number of nitrogens with zero attached hydrogens (tertiary/aromatic N) is 1. The number of aryl methyl sites for hydroxylation is 1. The first-order chi connectivity index (χ1) is 9.11. The molecule has 1 aromatic heterocycles. The summed E-state index contributed by atoms with van der Waals surface area (Å²) in [6.07, 6.45) is 0. The number of anilines is 1. The van der Waals surface area contributed by atoms with E-state index < -0.39 is 4.92 Å². The van der Waals surface area contributed by atoms with Crippen molar-refractivity contribution in [1.82, 2.24) is 0 Å². The maximum absolute atomic E-state index is 11.0. The third-order valence-corrected chi connectivity index (χ3v) is 3.74. The SMILES string of the molecule is COc1ccc(NCc2cscc2C)c([N+](=O)[O-])c1. The van der Waals surface area contributed by atoms with Crippen molar-refractivity contribution in [1.29, 1.82) is 0 Å². The Hall–Kier alpha value is -2.08. The fourth-order valence-corrected chi connectivity index (χ4v) is 2.55. The third-order valence-electron chi connectivity index (χ3n) is 2.83. The lowest BCUT2D eigenvalue weighted by Crippen LogP contribution is -2.03. The number of thiophene rings is 1. The molecule has 1 heterocycles. The number of nitro benzene ring substituents is 1. The lowest BCUT2D eigenvalue weighted by molar-refractivity contribution is -0.384. The number of methoxy groups -OCH3 is 1. The molecule has 0 radical (unpaired) electrons. The monoisotopic (exact) mass is 278 g/mol. The summed E-state index contributed by atoms with van der Waals surface area (Å²) in [6, 6.07) is 4.79. The molecule has 0 atom stereocenters. The lowest BCUT2D eigenvalue weighted by Gasteiger charge is -2.08. The average Bonchev–Trinajstić information content (AvgIpc) is 2.81. The van der Waals surface area contributed by atoms with Crippen molar-refractivity contribution in [3.05, 3.63) is 50.2 Å². The number of ether oxygens (including phenoxy) is 1. The molecule has 1 aromatic carbocycles. The predicted octanol–water partition coefficient (Wildman–Crippen LogP) is 3.59. The van der Waals surface area contributed by atoms with Gasteiger partial charge >= 0.3 is 0 Å². The highest BCUT2D eigenvalue weighted by Gasteiger charge is 2.15. The van der Waals surface area contributed by atoms with Gasteiger partial charge in [-0.05, 0) is 40.9 Å². The number of rotatable bonds is 5. The van der Waals surface area contributed by atoms with Crippen LogP contribution in [0.2, 0.25) is 0 Å². The molecule has 100 valence electrons. The highest BCUT2D eigenvalue weighted by molar-refractivity contribution is 7.08. The molecule has 6 heteroatoms. The van der Waals surface area contributed by atoms with Gasteiger partial charge in [0.05, 0.1) is 18.1 Å². The van der Waals surface area contributed by atoms with Crippen LogP contribution in [-0.2, 0) is 6.54 Å². The van der Waals surface area contributed by atoms with Crippen LogP contribution in [0, 0.1) is 17.0 Å². The Morgan fingerprint density at radius 1 is 1.42 bits per heavy atom. The molecule has 0 aliphatic carbocycles. The number of hydrogen-bond acceptors (Lipinski definition) is 5. The summed E-state index contributed by atoms with van der Waals surface area (Å²) >= 11 is 1.62. The molecule has 0 aliphatic rings. The normalized spacial score (nSPS) is 10.2. The van der Waals surface area contributed by atoms with Gasteiger partial charge in [-0.3, -0.25) is 10.1 Å². The molecule has 5 nitrogen and oxygen atoms in total. The fraction of sp³-hybridized carbons (Fsp3) is 0.231. The van der Waals surface area contributed by atoms with E-state index in [1.54, 1.807) is 23.5 Å². The summed E-state index contributed by atoms with van der Waals surface area (Å²) < 4.78 is 5.00. The molecule has 1 N–H and O–H groups in total. The zero-order valence-corrected chi connectivity index (χ0v) is 11.5. The van der Waals surface area contributed by atoms with Gasteiger partial charge in [0.1, 0.15) is 11.4 Å². The number of nitrogens with one attached hydrogen (secondary N) is 1. The van der Waals surface area contributed by atoms with Crippen LogP contribution >= 0.6 is 11.3 Å². The van der Waals surface area contributed by atoms with Gasteiger partial charge in [-0.15, -0.1) is 0 Å². The Morgan fingerprint density at radius 2 is 2.21 bits per heavy atom. The predicted molar refractivity (Wildman–Crippen MR) is 76.0 cm³/mol. The molecule has 19 heavy (non-hydrogen) atoms. The van der Waals surface area contributed by atoms with E-state index in [1.807, 2.05) is 12.3 Å². The maximum atomic E-state index is 11.0. The van der Waals surface area contributed by atoms with E-state index >= 15 is 0 Å². The first kappa shape index (κ1) is 13.4. The summed E-state index contributed by atoms with van der Waals surface area (Å²) in [5.74, 6) is 0.476. The molecular formula is C13H14N2O3S. The van der Waals surface area contributed by atoms with Gasteiger partial charge in [0, 0.05) is 6.54 Å². The Labute approximate surface area is 115 Å². The van der Waals surface area contributed by atoms with Gasteiger partial charge in [-0.25, -0.2) is 0 Å². The van der Waals surface area contributed by atoms with Crippen molar-refractivity contribution in [2.24, 2.45) is 0 Å². The van der Waals surface area contributed by atoms with Crippen LogP contribution in [-0.4, -0.2) is 12.0 Å². The molecule has 0 fully saturated rings. The number of nitro groups is 1. The van der Waals surface area contributed by atoms with E-state index in [-0.39, 0.29) is 5.69 Å². The van der Waals surface area contributed by atoms with Crippen LogP contribution < -0.4 is 10.1 Å². The van der Waals surface area contributed by atoms with E-state index in [2.05, 4.69) is 10.7 Å². The minimum atomic E-state index is -0.411. The van der Waals surface area contributed by atoms with E-state index in [0.29, 0.717) is 18.0 Å². The van der Waals surface area contributed by atoms with Gasteiger partial charge in [-0.2, -0.15) is 11.3 Å². The average molecular weight is 278 g/mol. The Morgan fingerprint density at radius 3 is 2.79 bits per heavy atom. The fourth-order valence-electron chi connectivity index (χ4n) is 1.70. The molecule has 2 aromatic rings. The molecule has 0 bridgehead atoms. The van der Waals surface area contributed by atoms with Crippen LogP contribution in [0.4, 0.5) is 11.4 Å². The minimum absolute atomic E-state index is 0.0206. The molecule has 0 amide bonds. The van der Waals surface area contributed by atoms with Crippen molar-refractivity contribution in [2.45, 2.75) is 13.5 Å². The van der Waals surface area contributed by atoms with Gasteiger partial charge in [0.2, 0.25) is 0 Å². The summed E-state index contributed by atoms with van der Waals surface area (Å²) in [5.41, 5.74) is 2.85. The molecule has 0 saturated heterocycles. The zero-order valence-electron chi connectivity index (χ0n) is 10.7. The van der Waals surface area contributed by atoms with Gasteiger partial charge < -0.3 is 10.1 Å². The van der Waals surface area contributed by atoms with Crippen LogP contribution in [0.25, 0.3) is 0 Å². The molecule has 0 unspecified atom stereocenters. The highest BCUT2D eigenvalue weighted by atomic mass is 32.1. The summed E-state index contributed by atoms with van der Waals surface area (Å²) in [4.78, 5) is 10.6. The first-order valence-corrected chi connectivity index (χ1v) is 6.64. The zero-order chi connectivity index (χ0) is 13.8. The molecule has 0 saturated carbocycles. The van der Waals surface area contributed by atoms with E-state index in [1.165, 1.54) is 18.7 Å². The molecule has 2 rings (SSSR count). The van der Waals surface area contributed by atoms with Crippen molar-refractivity contribution < 1.29 is 9.66 Å². The Balaban J connectivity index is 2.20. The Bertz CT molecular complexity index is 595. The van der Waals surface area contributed by atoms with Crippen LogP contribution in [0.3, 0.4) is 0 Å². The van der Waals surface area contributed by atoms with E-state index in [0.717, 1.165) is 5.56 Å². The second-order valence-corrected chi connectivity index (χ2v) is 4.82. The van der Waals surface area contributed by atoms with Crippen LogP contribution in [0.15, 0.2) is 29.0 Å². The molecule has 0 aliphatic heterocycles. The number of hydrogen-bond donors (Lipinski definition) is 1. The van der Waals surface area contributed by atoms with Crippen molar-refractivity contribution in [2.75, 3.05) is 12.4 Å². The number of benzene rings is 1. The lowest BCUT2D eigenvalue weighted by atomic mass is 10.2. The minimum Gasteiger partial charge on any atom is -0.496 e. The van der Waals surface area contributed by atoms with Crippen molar-refractivity contribution >= 4 is 22.7 Å². The summed E-state index contributed by atoms with van der Waals surface area (Å²) in [6.45, 7) is 2.60. The van der Waals surface area contributed by atoms with Gasteiger partial charge in [0.15, 0.2) is 0 Å². The first-order valence-electron chi connectivity index (χ1n) is 5.70. The highest BCUT2D eigenvalue weighted by Crippen LogP contribution is 2.29. The van der Waals surface area contributed by atoms with E-state index in [4.69, 9.17) is 4.74 Å². The molecule has 0 spiro atoms. The van der Waals surface area contributed by atoms with Crippen molar-refractivity contribution in [3.63, 3.8) is 0 Å². The second kappa shape index (κ2) is 5.71. The maximum Gasteiger partial charge on any atom is 0.296 e. The standard InChI is InChI=1S/C13H14N2O3S/c1-9-7-19-8-10(9)6-14-12-4-3-11(18-2)5-13(12)15(16)17/h3-5,7-8,14H,6H2,1-2H3. The summed E-state index contributed by atoms with van der Waals surface area (Å²) in [5, 5.41) is 18.2. The van der Waals surface area contributed by atoms with Crippen molar-refractivity contribution in [3.8, 4) is 5.75 Å². The largest absolute Gasteiger partial charge is 0.496 e. The van der Waals surface area contributed by atoms with Crippen LogP contribution in [0.5, 0.6) is 5.75 Å². The van der Waals surface area contributed by atoms with Gasteiger partial charge in [0.25, 0.3) is 5.69 Å². The van der Waals surface area contributed by atoms with Crippen LogP contribution in [0.1, 0.15) is 11.1 Å². The van der Waals surface area contributed by atoms with Gasteiger partial charge in [-0.1, -0.05) is 0 Å². The second-order valence-electron chi connectivity index (χ2n) is 4.07. The quantitative estimate of drug-likeness (QED) is 0.670. The summed E-state index contributed by atoms with van der Waals surface area (Å²) in [7, 11) is 1.49. The Kier molecular flexibility index (Phi) is 4.01. The third kappa shape index (κ3) is 3.03. The topological polar surface area (TPSA) is 64.4 Å². The van der Waals surface area contributed by atoms with E-state index in [9.17, 15) is 10.1 Å². The smallest absolute Gasteiger partial charge is 0.296 e. The molecular weight excluding hydrogens is 264 g/mol.